The summed E-state index contributed by atoms with van der Waals surface area (Å²) in [5, 5.41) is 21.7. The summed E-state index contributed by atoms with van der Waals surface area (Å²) in [5.74, 6) is -1.59. The summed E-state index contributed by atoms with van der Waals surface area (Å²) in [5.41, 5.74) is -0.885. The number of carboxylic acid groups (broad SMARTS) is 1. The molecule has 114 valence electrons. The lowest BCUT2D eigenvalue weighted by molar-refractivity contribution is -0.154. The van der Waals surface area contributed by atoms with Gasteiger partial charge in [-0.1, -0.05) is 15.9 Å². The van der Waals surface area contributed by atoms with Gasteiger partial charge in [0.1, 0.15) is 5.75 Å². The Hall–Kier alpha value is -1.60. The number of benzene rings is 1. The molecule has 1 fully saturated rings. The number of phenols is 1. The highest BCUT2D eigenvalue weighted by Crippen LogP contribution is 2.30. The average molecular weight is 358 g/mol. The summed E-state index contributed by atoms with van der Waals surface area (Å²) in [7, 11) is 0. The normalized spacial score (nSPS) is 17.2. The maximum absolute atomic E-state index is 12.1. The minimum absolute atomic E-state index is 0.0139. The molecule has 0 atom stereocenters. The highest BCUT2D eigenvalue weighted by atomic mass is 79.9. The van der Waals surface area contributed by atoms with Crippen LogP contribution in [0.15, 0.2) is 22.7 Å². The molecule has 0 bridgehead atoms. The van der Waals surface area contributed by atoms with Crippen molar-refractivity contribution in [3.63, 3.8) is 0 Å². The second kappa shape index (κ2) is 6.44. The number of hydrogen-bond acceptors (Lipinski definition) is 4. The number of rotatable bonds is 4. The molecule has 6 nitrogen and oxygen atoms in total. The van der Waals surface area contributed by atoms with Crippen LogP contribution in [0.1, 0.15) is 23.2 Å². The topological polar surface area (TPSA) is 95.9 Å². The summed E-state index contributed by atoms with van der Waals surface area (Å²) >= 11 is 3.19. The van der Waals surface area contributed by atoms with Crippen molar-refractivity contribution >= 4 is 27.8 Å². The summed E-state index contributed by atoms with van der Waals surface area (Å²) < 4.78 is 5.83. The van der Waals surface area contributed by atoms with E-state index in [0.717, 1.165) is 0 Å². The fourth-order valence-electron chi connectivity index (χ4n) is 2.27. The second-order valence-corrected chi connectivity index (χ2v) is 5.96. The molecule has 1 aliphatic heterocycles. The average Bonchev–Trinajstić information content (AvgIpc) is 2.45. The van der Waals surface area contributed by atoms with Gasteiger partial charge in [0.15, 0.2) is 0 Å². The van der Waals surface area contributed by atoms with E-state index in [0.29, 0.717) is 30.5 Å². The van der Waals surface area contributed by atoms with Gasteiger partial charge < -0.3 is 20.3 Å². The Morgan fingerprint density at radius 1 is 1.33 bits per heavy atom. The lowest BCUT2D eigenvalue weighted by atomic mass is 9.80. The van der Waals surface area contributed by atoms with Crippen LogP contribution < -0.4 is 5.32 Å². The van der Waals surface area contributed by atoms with Crippen LogP contribution in [0.2, 0.25) is 0 Å². The zero-order valence-electron chi connectivity index (χ0n) is 11.3. The minimum Gasteiger partial charge on any atom is -0.507 e. The number of halogens is 1. The van der Waals surface area contributed by atoms with E-state index in [2.05, 4.69) is 21.2 Å². The van der Waals surface area contributed by atoms with E-state index in [1.807, 2.05) is 0 Å². The number of carbonyl (C=O) groups excluding carboxylic acids is 1. The molecule has 0 aromatic heterocycles. The smallest absolute Gasteiger partial charge is 0.311 e. The van der Waals surface area contributed by atoms with Crippen molar-refractivity contribution < 1.29 is 24.5 Å². The first-order chi connectivity index (χ1) is 9.94. The third-order valence-corrected chi connectivity index (χ3v) is 4.19. The van der Waals surface area contributed by atoms with Crippen LogP contribution in [0.5, 0.6) is 5.75 Å². The molecule has 2 rings (SSSR count). The Labute approximate surface area is 130 Å². The third kappa shape index (κ3) is 3.54. The first kappa shape index (κ1) is 15.8. The first-order valence-corrected chi connectivity index (χ1v) is 7.32. The fraction of sp³-hybridized carbons (Fsp3) is 0.429. The van der Waals surface area contributed by atoms with Crippen LogP contribution in [-0.2, 0) is 9.53 Å². The standard InChI is InChI=1S/C14H16BrNO5/c15-9-1-2-10(11(17)7-9)12(18)16-8-14(13(19)20)3-5-21-6-4-14/h1-2,7,17H,3-6,8H2,(H,16,18)(H,19,20). The van der Waals surface area contributed by atoms with Crippen molar-refractivity contribution in [3.8, 4) is 5.75 Å². The molecule has 0 unspecified atom stereocenters. The molecule has 7 heteroatoms. The van der Waals surface area contributed by atoms with Crippen molar-refractivity contribution in [1.29, 1.82) is 0 Å². The first-order valence-electron chi connectivity index (χ1n) is 6.52. The molecule has 1 saturated heterocycles. The summed E-state index contributed by atoms with van der Waals surface area (Å²) in [4.78, 5) is 23.5. The summed E-state index contributed by atoms with van der Waals surface area (Å²) in [6.07, 6.45) is 0.712. The Morgan fingerprint density at radius 3 is 2.57 bits per heavy atom. The molecule has 1 aromatic carbocycles. The molecule has 3 N–H and O–H groups in total. The van der Waals surface area contributed by atoms with Crippen LogP contribution >= 0.6 is 15.9 Å². The molecule has 21 heavy (non-hydrogen) atoms. The van der Waals surface area contributed by atoms with Gasteiger partial charge in [0, 0.05) is 24.2 Å². The van der Waals surface area contributed by atoms with E-state index in [1.54, 1.807) is 6.07 Å². The van der Waals surface area contributed by atoms with Gasteiger partial charge in [-0.2, -0.15) is 0 Å². The van der Waals surface area contributed by atoms with Gasteiger partial charge in [-0.3, -0.25) is 9.59 Å². The monoisotopic (exact) mass is 357 g/mol. The van der Waals surface area contributed by atoms with E-state index in [1.165, 1.54) is 12.1 Å². The van der Waals surface area contributed by atoms with E-state index in [-0.39, 0.29) is 17.9 Å². The maximum Gasteiger partial charge on any atom is 0.311 e. The molecule has 1 amide bonds. The predicted molar refractivity (Wildman–Crippen MR) is 78.3 cm³/mol. The van der Waals surface area contributed by atoms with Gasteiger partial charge in [-0.05, 0) is 31.0 Å². The Kier molecular flexibility index (Phi) is 4.84. The van der Waals surface area contributed by atoms with Crippen molar-refractivity contribution in [2.75, 3.05) is 19.8 Å². The zero-order valence-corrected chi connectivity index (χ0v) is 12.9. The number of phenolic OH excluding ortho intramolecular Hbond substituents is 1. The van der Waals surface area contributed by atoms with Crippen molar-refractivity contribution in [2.45, 2.75) is 12.8 Å². The highest BCUT2D eigenvalue weighted by Gasteiger charge is 2.40. The molecular weight excluding hydrogens is 342 g/mol. The molecule has 0 spiro atoms. The Bertz CT molecular complexity index is 554. The number of carboxylic acids is 1. The van der Waals surface area contributed by atoms with Crippen LogP contribution in [0.4, 0.5) is 0 Å². The quantitative estimate of drug-likeness (QED) is 0.762. The van der Waals surface area contributed by atoms with Gasteiger partial charge >= 0.3 is 5.97 Å². The van der Waals surface area contributed by atoms with Gasteiger partial charge in [0.2, 0.25) is 0 Å². The summed E-state index contributed by atoms with van der Waals surface area (Å²) in [6.45, 7) is 0.747. The van der Waals surface area contributed by atoms with Gasteiger partial charge in [-0.15, -0.1) is 0 Å². The molecule has 1 aromatic rings. The number of carbonyl (C=O) groups is 2. The summed E-state index contributed by atoms with van der Waals surface area (Å²) in [6, 6.07) is 4.53. The van der Waals surface area contributed by atoms with E-state index in [9.17, 15) is 19.8 Å². The number of ether oxygens (including phenoxy) is 1. The SMILES string of the molecule is O=C(NCC1(C(=O)O)CCOCC1)c1ccc(Br)cc1O. The third-order valence-electron chi connectivity index (χ3n) is 3.70. The number of nitrogens with one attached hydrogen (secondary N) is 1. The molecule has 1 aliphatic rings. The maximum atomic E-state index is 12.1. The van der Waals surface area contributed by atoms with Crippen LogP contribution in [0.3, 0.4) is 0 Å². The van der Waals surface area contributed by atoms with Gasteiger partial charge in [-0.25, -0.2) is 0 Å². The van der Waals surface area contributed by atoms with Crippen molar-refractivity contribution in [1.82, 2.24) is 5.32 Å². The van der Waals surface area contributed by atoms with Crippen LogP contribution in [0.25, 0.3) is 0 Å². The van der Waals surface area contributed by atoms with Crippen molar-refractivity contribution in [2.24, 2.45) is 5.41 Å². The molecule has 0 aliphatic carbocycles. The predicted octanol–water partition coefficient (Wildman–Crippen LogP) is 1.77. The van der Waals surface area contributed by atoms with E-state index in [4.69, 9.17) is 4.74 Å². The Morgan fingerprint density at radius 2 is 2.00 bits per heavy atom. The van der Waals surface area contributed by atoms with Crippen LogP contribution in [0, 0.1) is 5.41 Å². The number of hydrogen-bond donors (Lipinski definition) is 3. The van der Waals surface area contributed by atoms with Gasteiger partial charge in [0.25, 0.3) is 5.91 Å². The highest BCUT2D eigenvalue weighted by molar-refractivity contribution is 9.10. The molecule has 1 heterocycles. The lowest BCUT2D eigenvalue weighted by Gasteiger charge is -2.33. The van der Waals surface area contributed by atoms with Crippen LogP contribution in [-0.4, -0.2) is 41.8 Å². The molecule has 0 radical (unpaired) electrons. The number of amides is 1. The second-order valence-electron chi connectivity index (χ2n) is 5.04. The Balaban J connectivity index is 2.07. The molecule has 0 saturated carbocycles. The number of aromatic hydroxyl groups is 1. The van der Waals surface area contributed by atoms with Gasteiger partial charge in [0.05, 0.1) is 11.0 Å². The molecular formula is C14H16BrNO5. The minimum atomic E-state index is -1.00. The number of aliphatic carboxylic acids is 1. The van der Waals surface area contributed by atoms with Crippen molar-refractivity contribution in [3.05, 3.63) is 28.2 Å². The zero-order chi connectivity index (χ0) is 15.5. The lowest BCUT2D eigenvalue weighted by Crippen LogP contribution is -2.46. The van der Waals surface area contributed by atoms with E-state index < -0.39 is 17.3 Å². The van der Waals surface area contributed by atoms with E-state index >= 15 is 0 Å². The largest absolute Gasteiger partial charge is 0.507 e. The fourth-order valence-corrected chi connectivity index (χ4v) is 2.62.